The number of nitrogens with one attached hydrogen (secondary N) is 1. The van der Waals surface area contributed by atoms with Gasteiger partial charge in [-0.2, -0.15) is 0 Å². The topological polar surface area (TPSA) is 90.4 Å². The average molecular weight is 249 g/mol. The van der Waals surface area contributed by atoms with Crippen LogP contribution in [0.15, 0.2) is 18.2 Å². The van der Waals surface area contributed by atoms with Crippen molar-refractivity contribution in [1.29, 1.82) is 0 Å². The summed E-state index contributed by atoms with van der Waals surface area (Å²) >= 11 is 0. The average Bonchev–Trinajstić information content (AvgIpc) is 2.78. The van der Waals surface area contributed by atoms with Crippen LogP contribution in [0.4, 0.5) is 11.4 Å². The normalized spacial score (nSPS) is 17.4. The summed E-state index contributed by atoms with van der Waals surface area (Å²) < 4.78 is 5.06. The van der Waals surface area contributed by atoms with Crippen molar-refractivity contribution in [2.75, 3.05) is 18.2 Å². The van der Waals surface area contributed by atoms with E-state index in [1.165, 1.54) is 0 Å². The first-order chi connectivity index (χ1) is 8.55. The van der Waals surface area contributed by atoms with E-state index in [4.69, 9.17) is 16.2 Å². The van der Waals surface area contributed by atoms with Gasteiger partial charge in [0, 0.05) is 5.69 Å². The summed E-state index contributed by atoms with van der Waals surface area (Å²) in [5, 5.41) is 2.82. The van der Waals surface area contributed by atoms with E-state index in [9.17, 15) is 4.79 Å². The molecule has 0 radical (unpaired) electrons. The number of hydrogen-bond acceptors (Lipinski definition) is 4. The lowest BCUT2D eigenvalue weighted by molar-refractivity contribution is -0.121. The SMILES string of the molecule is COc1ccc(NC(=O)C2(N)CCCC2)cc1N. The van der Waals surface area contributed by atoms with Crippen molar-refractivity contribution in [3.8, 4) is 5.75 Å². The van der Waals surface area contributed by atoms with Gasteiger partial charge in [-0.05, 0) is 31.0 Å². The van der Waals surface area contributed by atoms with E-state index in [0.29, 0.717) is 17.1 Å². The molecule has 1 fully saturated rings. The maximum atomic E-state index is 12.1. The highest BCUT2D eigenvalue weighted by Crippen LogP contribution is 2.29. The van der Waals surface area contributed by atoms with Crippen LogP contribution in [-0.4, -0.2) is 18.6 Å². The lowest BCUT2D eigenvalue weighted by Crippen LogP contribution is -2.48. The number of carbonyl (C=O) groups excluding carboxylic acids is 1. The molecule has 1 aromatic carbocycles. The first-order valence-electron chi connectivity index (χ1n) is 6.09. The molecule has 0 aromatic heterocycles. The molecular formula is C13H19N3O2. The summed E-state index contributed by atoms with van der Waals surface area (Å²) in [4.78, 5) is 12.1. The molecule has 0 spiro atoms. The molecule has 18 heavy (non-hydrogen) atoms. The third-order valence-electron chi connectivity index (χ3n) is 3.44. The molecule has 0 saturated heterocycles. The number of methoxy groups -OCH3 is 1. The first-order valence-corrected chi connectivity index (χ1v) is 6.09. The summed E-state index contributed by atoms with van der Waals surface area (Å²) in [6.45, 7) is 0. The third-order valence-corrected chi connectivity index (χ3v) is 3.44. The van der Waals surface area contributed by atoms with Crippen LogP contribution in [0.5, 0.6) is 5.75 Å². The van der Waals surface area contributed by atoms with Gasteiger partial charge in [0.1, 0.15) is 5.75 Å². The Hall–Kier alpha value is -1.75. The van der Waals surface area contributed by atoms with E-state index in [0.717, 1.165) is 25.7 Å². The van der Waals surface area contributed by atoms with Crippen LogP contribution in [0.25, 0.3) is 0 Å². The molecule has 5 heteroatoms. The summed E-state index contributed by atoms with van der Waals surface area (Å²) in [6.07, 6.45) is 3.50. The highest BCUT2D eigenvalue weighted by molar-refractivity contribution is 5.98. The van der Waals surface area contributed by atoms with Crippen molar-refractivity contribution in [3.63, 3.8) is 0 Å². The van der Waals surface area contributed by atoms with E-state index >= 15 is 0 Å². The van der Waals surface area contributed by atoms with E-state index in [-0.39, 0.29) is 5.91 Å². The maximum absolute atomic E-state index is 12.1. The molecule has 1 aliphatic carbocycles. The Morgan fingerprint density at radius 3 is 2.61 bits per heavy atom. The molecule has 0 bridgehead atoms. The fourth-order valence-electron chi connectivity index (χ4n) is 2.30. The second kappa shape index (κ2) is 4.86. The van der Waals surface area contributed by atoms with Gasteiger partial charge >= 0.3 is 0 Å². The minimum Gasteiger partial charge on any atom is -0.495 e. The highest BCUT2D eigenvalue weighted by atomic mass is 16.5. The van der Waals surface area contributed by atoms with Crippen LogP contribution in [0.2, 0.25) is 0 Å². The molecule has 1 aliphatic rings. The molecule has 2 rings (SSSR count). The van der Waals surface area contributed by atoms with E-state index < -0.39 is 5.54 Å². The number of carbonyl (C=O) groups is 1. The fraction of sp³-hybridized carbons (Fsp3) is 0.462. The number of amides is 1. The predicted octanol–water partition coefficient (Wildman–Crippen LogP) is 1.49. The van der Waals surface area contributed by atoms with Crippen LogP contribution >= 0.6 is 0 Å². The van der Waals surface area contributed by atoms with Gasteiger partial charge in [-0.25, -0.2) is 0 Å². The zero-order chi connectivity index (χ0) is 13.2. The molecular weight excluding hydrogens is 230 g/mol. The van der Waals surface area contributed by atoms with Gasteiger partial charge < -0.3 is 21.5 Å². The van der Waals surface area contributed by atoms with Crippen molar-refractivity contribution in [2.24, 2.45) is 5.73 Å². The number of benzene rings is 1. The molecule has 0 atom stereocenters. The quantitative estimate of drug-likeness (QED) is 0.708. The number of ether oxygens (including phenoxy) is 1. The largest absolute Gasteiger partial charge is 0.495 e. The molecule has 1 aromatic rings. The monoisotopic (exact) mass is 249 g/mol. The minimum absolute atomic E-state index is 0.135. The number of nitrogen functional groups attached to an aromatic ring is 1. The molecule has 1 saturated carbocycles. The van der Waals surface area contributed by atoms with Crippen molar-refractivity contribution in [2.45, 2.75) is 31.2 Å². The Kier molecular flexibility index (Phi) is 3.43. The molecule has 98 valence electrons. The lowest BCUT2D eigenvalue weighted by Gasteiger charge is -2.22. The molecule has 1 amide bonds. The highest BCUT2D eigenvalue weighted by Gasteiger charge is 2.36. The molecule has 0 heterocycles. The van der Waals surface area contributed by atoms with Crippen LogP contribution in [0.1, 0.15) is 25.7 Å². The molecule has 0 aliphatic heterocycles. The fourth-order valence-corrected chi connectivity index (χ4v) is 2.30. The third kappa shape index (κ3) is 2.41. The van der Waals surface area contributed by atoms with Crippen molar-refractivity contribution < 1.29 is 9.53 Å². The maximum Gasteiger partial charge on any atom is 0.244 e. The molecule has 0 unspecified atom stereocenters. The molecule has 5 N–H and O–H groups in total. The Morgan fingerprint density at radius 2 is 2.06 bits per heavy atom. The van der Waals surface area contributed by atoms with Gasteiger partial charge in [-0.1, -0.05) is 12.8 Å². The number of hydrogen-bond donors (Lipinski definition) is 3. The van der Waals surface area contributed by atoms with Crippen LogP contribution in [-0.2, 0) is 4.79 Å². The smallest absolute Gasteiger partial charge is 0.244 e. The Labute approximate surface area is 106 Å². The number of anilines is 2. The van der Waals surface area contributed by atoms with Crippen LogP contribution < -0.4 is 21.5 Å². The summed E-state index contributed by atoms with van der Waals surface area (Å²) in [7, 11) is 1.55. The number of rotatable bonds is 3. The van der Waals surface area contributed by atoms with Crippen molar-refractivity contribution in [3.05, 3.63) is 18.2 Å². The van der Waals surface area contributed by atoms with E-state index in [1.807, 2.05) is 0 Å². The van der Waals surface area contributed by atoms with Crippen LogP contribution in [0, 0.1) is 0 Å². The van der Waals surface area contributed by atoms with Gasteiger partial charge in [0.05, 0.1) is 18.3 Å². The van der Waals surface area contributed by atoms with Crippen LogP contribution in [0.3, 0.4) is 0 Å². The second-order valence-electron chi connectivity index (χ2n) is 4.77. The lowest BCUT2D eigenvalue weighted by atomic mass is 9.98. The predicted molar refractivity (Wildman–Crippen MR) is 71.4 cm³/mol. The van der Waals surface area contributed by atoms with Gasteiger partial charge in [0.25, 0.3) is 0 Å². The second-order valence-corrected chi connectivity index (χ2v) is 4.77. The van der Waals surface area contributed by atoms with Gasteiger partial charge in [-0.3, -0.25) is 4.79 Å². The zero-order valence-electron chi connectivity index (χ0n) is 10.5. The van der Waals surface area contributed by atoms with Gasteiger partial charge in [0.2, 0.25) is 5.91 Å². The molecule has 5 nitrogen and oxygen atoms in total. The van der Waals surface area contributed by atoms with Gasteiger partial charge in [-0.15, -0.1) is 0 Å². The summed E-state index contributed by atoms with van der Waals surface area (Å²) in [6, 6.07) is 5.16. The standard InChI is InChI=1S/C13H19N3O2/c1-18-11-5-4-9(8-10(11)14)16-12(17)13(15)6-2-3-7-13/h4-5,8H,2-3,6-7,14-15H2,1H3,(H,16,17). The number of nitrogens with two attached hydrogens (primary N) is 2. The van der Waals surface area contributed by atoms with E-state index in [2.05, 4.69) is 5.32 Å². The van der Waals surface area contributed by atoms with Crippen molar-refractivity contribution in [1.82, 2.24) is 0 Å². The Balaban J connectivity index is 2.09. The van der Waals surface area contributed by atoms with Gasteiger partial charge in [0.15, 0.2) is 0 Å². The van der Waals surface area contributed by atoms with Crippen molar-refractivity contribution >= 4 is 17.3 Å². The Morgan fingerprint density at radius 1 is 1.39 bits per heavy atom. The first kappa shape index (κ1) is 12.7. The summed E-state index contributed by atoms with van der Waals surface area (Å²) in [5.41, 5.74) is 12.3. The zero-order valence-corrected chi connectivity index (χ0v) is 10.5. The summed E-state index contributed by atoms with van der Waals surface area (Å²) in [5.74, 6) is 0.459. The van der Waals surface area contributed by atoms with E-state index in [1.54, 1.807) is 25.3 Å². The minimum atomic E-state index is -0.727. The Bertz CT molecular complexity index is 454.